The molecule has 3 nitrogen and oxygen atoms in total. The summed E-state index contributed by atoms with van der Waals surface area (Å²) in [4.78, 5) is 4.47. The van der Waals surface area contributed by atoms with E-state index in [1.807, 2.05) is 20.8 Å². The topological polar surface area (TPSA) is 48.1 Å². The smallest absolute Gasteiger partial charge is 0.0975 e. The lowest BCUT2D eigenvalue weighted by atomic mass is 9.88. The maximum Gasteiger partial charge on any atom is 0.0975 e. The molecule has 3 rings (SSSR count). The first-order valence-electron chi connectivity index (χ1n) is 7.51. The molecule has 1 aliphatic heterocycles. The molecular weight excluding hydrogens is 331 g/mol. The van der Waals surface area contributed by atoms with Crippen molar-refractivity contribution in [3.63, 3.8) is 0 Å². The Labute approximate surface area is 150 Å². The predicted molar refractivity (Wildman–Crippen MR) is 99.7 cm³/mol. The lowest BCUT2D eigenvalue weighted by molar-refractivity contribution is 0.0286. The fraction of sp³-hybridized carbons (Fsp3) is 0.389. The van der Waals surface area contributed by atoms with Gasteiger partial charge in [-0.2, -0.15) is 0 Å². The predicted octanol–water partition coefficient (Wildman–Crippen LogP) is 4.17. The van der Waals surface area contributed by atoms with E-state index in [4.69, 9.17) is 10.5 Å². The van der Waals surface area contributed by atoms with Crippen molar-refractivity contribution in [1.82, 2.24) is 4.98 Å². The highest BCUT2D eigenvalue weighted by Gasteiger charge is 2.25. The lowest BCUT2D eigenvalue weighted by Gasteiger charge is -2.30. The molecule has 0 amide bonds. The first-order chi connectivity index (χ1) is 10.1. The van der Waals surface area contributed by atoms with Crippen molar-refractivity contribution in [2.75, 3.05) is 6.61 Å². The number of halogens is 2. The molecule has 0 spiro atoms. The molecule has 0 radical (unpaired) electrons. The Hall–Kier alpha value is -1.13. The largest absolute Gasteiger partial charge is 0.372 e. The molecule has 2 N–H and O–H groups in total. The van der Waals surface area contributed by atoms with Crippen molar-refractivity contribution in [2.24, 2.45) is 5.73 Å². The van der Waals surface area contributed by atoms with Crippen LogP contribution >= 0.6 is 24.8 Å². The molecule has 1 aromatic carbocycles. The van der Waals surface area contributed by atoms with Crippen LogP contribution in [-0.2, 0) is 11.2 Å². The summed E-state index contributed by atoms with van der Waals surface area (Å²) in [5.74, 6) is 0. The Morgan fingerprint density at radius 3 is 2.43 bits per heavy atom. The SMILES string of the molecule is Cc1cc(-c2cccc3c2CCOC3[C@H](C)N)cc(C)n1.Cl.Cl. The highest BCUT2D eigenvalue weighted by molar-refractivity contribution is 5.85. The molecular formula is C18H24Cl2N2O. The van der Waals surface area contributed by atoms with Gasteiger partial charge in [-0.1, -0.05) is 18.2 Å². The molecule has 2 aromatic rings. The van der Waals surface area contributed by atoms with Gasteiger partial charge < -0.3 is 10.5 Å². The number of pyridine rings is 1. The summed E-state index contributed by atoms with van der Waals surface area (Å²) in [6.07, 6.45) is 0.938. The fourth-order valence-corrected chi connectivity index (χ4v) is 3.22. The molecule has 23 heavy (non-hydrogen) atoms. The summed E-state index contributed by atoms with van der Waals surface area (Å²) in [5, 5.41) is 0. The third-order valence-corrected chi connectivity index (χ3v) is 4.04. The second kappa shape index (κ2) is 8.11. The van der Waals surface area contributed by atoms with Crippen LogP contribution < -0.4 is 5.73 Å². The summed E-state index contributed by atoms with van der Waals surface area (Å²) in [6.45, 7) is 6.83. The van der Waals surface area contributed by atoms with Gasteiger partial charge in [-0.3, -0.25) is 4.98 Å². The number of nitrogens with two attached hydrogens (primary N) is 1. The molecule has 1 aliphatic rings. The van der Waals surface area contributed by atoms with Gasteiger partial charge in [-0.25, -0.2) is 0 Å². The van der Waals surface area contributed by atoms with Crippen LogP contribution in [0.2, 0.25) is 0 Å². The van der Waals surface area contributed by atoms with Crippen LogP contribution in [-0.4, -0.2) is 17.6 Å². The Balaban J connectivity index is 0.00000132. The van der Waals surface area contributed by atoms with E-state index in [9.17, 15) is 0 Å². The van der Waals surface area contributed by atoms with Gasteiger partial charge >= 0.3 is 0 Å². The highest BCUT2D eigenvalue weighted by atomic mass is 35.5. The molecule has 126 valence electrons. The number of hydrogen-bond donors (Lipinski definition) is 1. The lowest BCUT2D eigenvalue weighted by Crippen LogP contribution is -2.31. The minimum atomic E-state index is -0.00210. The number of hydrogen-bond acceptors (Lipinski definition) is 3. The monoisotopic (exact) mass is 354 g/mol. The number of nitrogens with zero attached hydrogens (tertiary/aromatic N) is 1. The Morgan fingerprint density at radius 2 is 1.83 bits per heavy atom. The van der Waals surface area contributed by atoms with E-state index < -0.39 is 0 Å². The second-order valence-electron chi connectivity index (χ2n) is 5.91. The van der Waals surface area contributed by atoms with Gasteiger partial charge in [0.05, 0.1) is 12.7 Å². The number of benzene rings is 1. The van der Waals surface area contributed by atoms with Gasteiger partial charge in [-0.05, 0) is 61.6 Å². The van der Waals surface area contributed by atoms with Crippen LogP contribution in [0, 0.1) is 13.8 Å². The molecule has 1 unspecified atom stereocenters. The van der Waals surface area contributed by atoms with Gasteiger partial charge in [-0.15, -0.1) is 24.8 Å². The van der Waals surface area contributed by atoms with Crippen molar-refractivity contribution in [3.05, 3.63) is 52.8 Å². The van der Waals surface area contributed by atoms with E-state index in [-0.39, 0.29) is 37.0 Å². The number of ether oxygens (including phenoxy) is 1. The van der Waals surface area contributed by atoms with Crippen molar-refractivity contribution in [1.29, 1.82) is 0 Å². The minimum absolute atomic E-state index is 0. The van der Waals surface area contributed by atoms with Crippen molar-refractivity contribution < 1.29 is 4.74 Å². The summed E-state index contributed by atoms with van der Waals surface area (Å²) in [7, 11) is 0. The van der Waals surface area contributed by atoms with E-state index in [0.717, 1.165) is 24.4 Å². The number of aromatic nitrogens is 1. The molecule has 0 bridgehead atoms. The molecule has 2 heterocycles. The molecule has 0 saturated heterocycles. The van der Waals surface area contributed by atoms with Crippen LogP contribution in [0.25, 0.3) is 11.1 Å². The maximum absolute atomic E-state index is 6.08. The Kier molecular flexibility index (Phi) is 7.02. The normalized spacial score (nSPS) is 17.5. The van der Waals surface area contributed by atoms with E-state index >= 15 is 0 Å². The van der Waals surface area contributed by atoms with Crippen LogP contribution in [0.1, 0.15) is 35.5 Å². The van der Waals surface area contributed by atoms with Gasteiger partial charge in [0.15, 0.2) is 0 Å². The van der Waals surface area contributed by atoms with Crippen LogP contribution in [0.15, 0.2) is 30.3 Å². The fourth-order valence-electron chi connectivity index (χ4n) is 3.22. The van der Waals surface area contributed by atoms with E-state index in [0.29, 0.717) is 0 Å². The Bertz CT molecular complexity index is 654. The molecule has 0 fully saturated rings. The second-order valence-corrected chi connectivity index (χ2v) is 5.91. The summed E-state index contributed by atoms with van der Waals surface area (Å²) in [5.41, 5.74) is 13.3. The zero-order chi connectivity index (χ0) is 15.0. The maximum atomic E-state index is 6.08. The van der Waals surface area contributed by atoms with E-state index in [2.05, 4.69) is 35.3 Å². The summed E-state index contributed by atoms with van der Waals surface area (Å²) in [6, 6.07) is 10.7. The van der Waals surface area contributed by atoms with E-state index in [1.54, 1.807) is 0 Å². The van der Waals surface area contributed by atoms with Gasteiger partial charge in [0.25, 0.3) is 0 Å². The average Bonchev–Trinajstić information content (AvgIpc) is 2.44. The molecule has 1 aromatic heterocycles. The van der Waals surface area contributed by atoms with E-state index in [1.165, 1.54) is 22.3 Å². The Morgan fingerprint density at radius 1 is 1.17 bits per heavy atom. The number of fused-ring (bicyclic) bond motifs is 1. The van der Waals surface area contributed by atoms with Gasteiger partial charge in [0, 0.05) is 17.4 Å². The first-order valence-corrected chi connectivity index (χ1v) is 7.51. The van der Waals surface area contributed by atoms with Crippen LogP contribution in [0.4, 0.5) is 0 Å². The molecule has 0 saturated carbocycles. The van der Waals surface area contributed by atoms with Crippen LogP contribution in [0.3, 0.4) is 0 Å². The zero-order valence-electron chi connectivity index (χ0n) is 13.7. The molecule has 5 heteroatoms. The van der Waals surface area contributed by atoms with Crippen molar-refractivity contribution >= 4 is 24.8 Å². The summed E-state index contributed by atoms with van der Waals surface area (Å²) >= 11 is 0. The quantitative estimate of drug-likeness (QED) is 0.880. The third kappa shape index (κ3) is 4.04. The molecule has 2 atom stereocenters. The van der Waals surface area contributed by atoms with Crippen molar-refractivity contribution in [2.45, 2.75) is 39.3 Å². The number of aryl methyl sites for hydroxylation is 2. The number of rotatable bonds is 2. The van der Waals surface area contributed by atoms with Gasteiger partial charge in [0.1, 0.15) is 0 Å². The van der Waals surface area contributed by atoms with Gasteiger partial charge in [0.2, 0.25) is 0 Å². The standard InChI is InChI=1S/C18H22N2O.2ClH/c1-11-9-14(10-12(2)20-11)15-5-4-6-17-16(15)7-8-21-18(17)13(3)19;;/h4-6,9-10,13,18H,7-8,19H2,1-3H3;2*1H/t13-,18?;;/m0../s1. The highest BCUT2D eigenvalue weighted by Crippen LogP contribution is 2.35. The van der Waals surface area contributed by atoms with Crippen LogP contribution in [0.5, 0.6) is 0 Å². The summed E-state index contributed by atoms with van der Waals surface area (Å²) < 4.78 is 5.87. The third-order valence-electron chi connectivity index (χ3n) is 4.04. The average molecular weight is 355 g/mol. The minimum Gasteiger partial charge on any atom is -0.372 e. The van der Waals surface area contributed by atoms with Crippen molar-refractivity contribution in [3.8, 4) is 11.1 Å². The first kappa shape index (κ1) is 19.9. The molecule has 0 aliphatic carbocycles. The zero-order valence-corrected chi connectivity index (χ0v) is 15.3.